The third-order valence-corrected chi connectivity index (χ3v) is 4.93. The van der Waals surface area contributed by atoms with Crippen LogP contribution >= 0.6 is 0 Å². The van der Waals surface area contributed by atoms with Crippen LogP contribution in [0.25, 0.3) is 11.8 Å². The number of amides is 4. The van der Waals surface area contributed by atoms with Crippen LogP contribution in [0.5, 0.6) is 0 Å². The molecule has 0 atom stereocenters. The summed E-state index contributed by atoms with van der Waals surface area (Å²) < 4.78 is 6.73. The number of barbiturate groups is 1. The Morgan fingerprint density at radius 1 is 1.10 bits per heavy atom. The van der Waals surface area contributed by atoms with Crippen molar-refractivity contribution in [2.45, 2.75) is 20.8 Å². The first-order valence-corrected chi connectivity index (χ1v) is 8.89. The van der Waals surface area contributed by atoms with Gasteiger partial charge in [0.1, 0.15) is 5.57 Å². The van der Waals surface area contributed by atoms with E-state index in [0.717, 1.165) is 27.5 Å². The van der Waals surface area contributed by atoms with Gasteiger partial charge in [-0.3, -0.25) is 19.8 Å². The van der Waals surface area contributed by atoms with E-state index in [4.69, 9.17) is 4.74 Å². The number of nitrogens with zero attached hydrogens (tertiary/aromatic N) is 2. The molecular weight excluding hydrogens is 374 g/mol. The highest BCUT2D eigenvalue weighted by atomic mass is 16.5. The topological polar surface area (TPSA) is 97.7 Å². The first-order chi connectivity index (χ1) is 13.6. The van der Waals surface area contributed by atoms with Crippen LogP contribution in [0.15, 0.2) is 29.8 Å². The van der Waals surface area contributed by atoms with Gasteiger partial charge in [0, 0.05) is 24.1 Å². The first kappa shape index (κ1) is 20.1. The minimum absolute atomic E-state index is 0.106. The molecule has 0 aliphatic carbocycles. The zero-order valence-corrected chi connectivity index (χ0v) is 16.8. The molecule has 1 saturated heterocycles. The number of hydrogen-bond donors (Lipinski definition) is 1. The van der Waals surface area contributed by atoms with Crippen molar-refractivity contribution in [2.24, 2.45) is 0 Å². The Balaban J connectivity index is 2.06. The average Bonchev–Trinajstić information content (AvgIpc) is 2.96. The maximum absolute atomic E-state index is 12.3. The Morgan fingerprint density at radius 2 is 1.79 bits per heavy atom. The van der Waals surface area contributed by atoms with E-state index < -0.39 is 23.8 Å². The van der Waals surface area contributed by atoms with Gasteiger partial charge in [0.15, 0.2) is 0 Å². The number of esters is 1. The van der Waals surface area contributed by atoms with E-state index in [9.17, 15) is 19.2 Å². The molecule has 1 fully saturated rings. The Kier molecular flexibility index (Phi) is 5.11. The maximum Gasteiger partial charge on any atom is 0.337 e. The number of aromatic nitrogens is 1. The molecule has 1 N–H and O–H groups in total. The van der Waals surface area contributed by atoms with Gasteiger partial charge in [0.2, 0.25) is 0 Å². The monoisotopic (exact) mass is 395 g/mol. The van der Waals surface area contributed by atoms with Crippen molar-refractivity contribution in [3.8, 4) is 5.69 Å². The van der Waals surface area contributed by atoms with Gasteiger partial charge in [0.05, 0.1) is 12.7 Å². The summed E-state index contributed by atoms with van der Waals surface area (Å²) in [6.45, 7) is 5.66. The van der Waals surface area contributed by atoms with E-state index >= 15 is 0 Å². The Bertz CT molecular complexity index is 1090. The number of carbonyl (C=O) groups excluding carboxylic acids is 4. The number of nitrogens with one attached hydrogen (secondary N) is 1. The van der Waals surface area contributed by atoms with Crippen molar-refractivity contribution < 1.29 is 23.9 Å². The number of imide groups is 2. The lowest BCUT2D eigenvalue weighted by atomic mass is 10.1. The predicted octanol–water partition coefficient (Wildman–Crippen LogP) is 2.28. The van der Waals surface area contributed by atoms with Crippen LogP contribution in [0.2, 0.25) is 0 Å². The third-order valence-electron chi connectivity index (χ3n) is 4.93. The lowest BCUT2D eigenvalue weighted by molar-refractivity contribution is -0.129. The highest BCUT2D eigenvalue weighted by Crippen LogP contribution is 2.26. The predicted molar refractivity (Wildman–Crippen MR) is 106 cm³/mol. The minimum atomic E-state index is -0.746. The number of aryl methyl sites for hydroxylation is 2. The highest BCUT2D eigenvalue weighted by Gasteiger charge is 2.33. The lowest BCUT2D eigenvalue weighted by Gasteiger charge is -2.22. The molecule has 3 rings (SSSR count). The molecule has 1 aromatic heterocycles. The number of hydrogen-bond acceptors (Lipinski definition) is 5. The summed E-state index contributed by atoms with van der Waals surface area (Å²) in [5, 5.41) is 2.14. The minimum Gasteiger partial charge on any atom is -0.465 e. The Morgan fingerprint density at radius 3 is 2.41 bits per heavy atom. The number of urea groups is 1. The maximum atomic E-state index is 12.3. The number of benzene rings is 1. The van der Waals surface area contributed by atoms with Crippen LogP contribution in [0.1, 0.15) is 32.9 Å². The van der Waals surface area contributed by atoms with Gasteiger partial charge >= 0.3 is 12.0 Å². The summed E-state index contributed by atoms with van der Waals surface area (Å²) in [4.78, 5) is 48.6. The molecule has 2 heterocycles. The molecule has 0 saturated carbocycles. The fraction of sp³-hybridized carbons (Fsp3) is 0.238. The van der Waals surface area contributed by atoms with Crippen LogP contribution < -0.4 is 5.32 Å². The quantitative estimate of drug-likeness (QED) is 0.488. The number of likely N-dealkylation sites (N-methyl/N-ethyl adjacent to an activating group) is 1. The van der Waals surface area contributed by atoms with E-state index in [-0.39, 0.29) is 5.57 Å². The Labute approximate surface area is 167 Å². The summed E-state index contributed by atoms with van der Waals surface area (Å²) in [5.41, 5.74) is 4.45. The van der Waals surface area contributed by atoms with E-state index in [1.54, 1.807) is 12.1 Å². The van der Waals surface area contributed by atoms with Crippen molar-refractivity contribution >= 4 is 29.9 Å². The molecule has 29 heavy (non-hydrogen) atoms. The van der Waals surface area contributed by atoms with Crippen molar-refractivity contribution in [2.75, 3.05) is 14.2 Å². The van der Waals surface area contributed by atoms with Crippen LogP contribution in [-0.2, 0) is 14.3 Å². The van der Waals surface area contributed by atoms with E-state index in [1.807, 2.05) is 37.5 Å². The molecule has 0 spiro atoms. The largest absolute Gasteiger partial charge is 0.465 e. The molecular formula is C21H21N3O5. The standard InChI is InChI=1S/C21H21N3O5/c1-11-8-14(20(27)29-5)6-7-17(11)24-12(2)9-15(13(24)3)10-16-18(25)22-21(28)23(4)19(16)26/h6-10H,1-5H3,(H,22,25,28)/b16-10+. The Hall–Kier alpha value is -3.68. The highest BCUT2D eigenvalue weighted by molar-refractivity contribution is 6.30. The third kappa shape index (κ3) is 3.44. The van der Waals surface area contributed by atoms with Crippen molar-refractivity contribution in [3.05, 3.63) is 57.9 Å². The fourth-order valence-corrected chi connectivity index (χ4v) is 3.36. The van der Waals surface area contributed by atoms with Crippen LogP contribution in [-0.4, -0.2) is 47.4 Å². The number of methoxy groups -OCH3 is 1. The second-order valence-electron chi connectivity index (χ2n) is 6.84. The van der Waals surface area contributed by atoms with Gasteiger partial charge < -0.3 is 9.30 Å². The van der Waals surface area contributed by atoms with Gasteiger partial charge in [-0.1, -0.05) is 0 Å². The van der Waals surface area contributed by atoms with Crippen LogP contribution in [0.3, 0.4) is 0 Å². The van der Waals surface area contributed by atoms with Gasteiger partial charge in [-0.15, -0.1) is 0 Å². The van der Waals surface area contributed by atoms with E-state index in [1.165, 1.54) is 20.2 Å². The fourth-order valence-electron chi connectivity index (χ4n) is 3.36. The van der Waals surface area contributed by atoms with Gasteiger partial charge in [0.25, 0.3) is 11.8 Å². The summed E-state index contributed by atoms with van der Waals surface area (Å²) in [6.07, 6.45) is 1.48. The molecule has 8 heteroatoms. The van der Waals surface area contributed by atoms with Gasteiger partial charge in [-0.2, -0.15) is 0 Å². The summed E-state index contributed by atoms with van der Waals surface area (Å²) in [5.74, 6) is -1.78. The molecule has 1 aliphatic heterocycles. The number of ether oxygens (including phenoxy) is 1. The molecule has 2 aromatic rings. The molecule has 0 bridgehead atoms. The van der Waals surface area contributed by atoms with Gasteiger partial charge in [-0.25, -0.2) is 9.59 Å². The molecule has 150 valence electrons. The normalized spacial score (nSPS) is 15.7. The van der Waals surface area contributed by atoms with Crippen molar-refractivity contribution in [1.82, 2.24) is 14.8 Å². The van der Waals surface area contributed by atoms with Crippen LogP contribution in [0.4, 0.5) is 4.79 Å². The zero-order chi connectivity index (χ0) is 21.5. The molecule has 1 aromatic carbocycles. The molecule has 0 radical (unpaired) electrons. The van der Waals surface area contributed by atoms with E-state index in [2.05, 4.69) is 5.32 Å². The zero-order valence-electron chi connectivity index (χ0n) is 16.8. The van der Waals surface area contributed by atoms with Crippen LogP contribution in [0, 0.1) is 20.8 Å². The van der Waals surface area contributed by atoms with Crippen molar-refractivity contribution in [1.29, 1.82) is 0 Å². The molecule has 0 unspecified atom stereocenters. The second-order valence-corrected chi connectivity index (χ2v) is 6.84. The SMILES string of the molecule is COC(=O)c1ccc(-n2c(C)cc(/C=C3\C(=O)NC(=O)N(C)C3=O)c2C)c(C)c1. The first-order valence-electron chi connectivity index (χ1n) is 8.89. The number of carbonyl (C=O) groups is 4. The lowest BCUT2D eigenvalue weighted by Crippen LogP contribution is -2.52. The summed E-state index contributed by atoms with van der Waals surface area (Å²) in [7, 11) is 2.65. The second kappa shape index (κ2) is 7.38. The van der Waals surface area contributed by atoms with Gasteiger partial charge in [-0.05, 0) is 62.2 Å². The summed E-state index contributed by atoms with van der Waals surface area (Å²) in [6, 6.07) is 6.36. The molecule has 4 amide bonds. The summed E-state index contributed by atoms with van der Waals surface area (Å²) >= 11 is 0. The van der Waals surface area contributed by atoms with Crippen molar-refractivity contribution in [3.63, 3.8) is 0 Å². The van der Waals surface area contributed by atoms with E-state index in [0.29, 0.717) is 11.1 Å². The smallest absolute Gasteiger partial charge is 0.337 e. The number of rotatable bonds is 3. The molecule has 1 aliphatic rings. The molecule has 8 nitrogen and oxygen atoms in total. The average molecular weight is 395 g/mol.